The summed E-state index contributed by atoms with van der Waals surface area (Å²) < 4.78 is 0. The van der Waals surface area contributed by atoms with E-state index in [0.717, 1.165) is 5.69 Å². The Bertz CT molecular complexity index is 639. The summed E-state index contributed by atoms with van der Waals surface area (Å²) in [5.74, 6) is -1.70. The van der Waals surface area contributed by atoms with Gasteiger partial charge in [0.1, 0.15) is 5.92 Å². The summed E-state index contributed by atoms with van der Waals surface area (Å²) in [6.45, 7) is 7.06. The van der Waals surface area contributed by atoms with Crippen LogP contribution in [0, 0.1) is 5.92 Å². The Hall–Kier alpha value is -2.37. The van der Waals surface area contributed by atoms with Crippen molar-refractivity contribution in [3.63, 3.8) is 0 Å². The van der Waals surface area contributed by atoms with Gasteiger partial charge in [0.15, 0.2) is 0 Å². The number of hydrogen-bond acceptors (Lipinski definition) is 3. The third kappa shape index (κ3) is 4.38. The number of carboxylic acid groups (broad SMARTS) is 1. The number of benzene rings is 1. The highest BCUT2D eigenvalue weighted by molar-refractivity contribution is 6.09. The average molecular weight is 346 g/mol. The smallest absolute Gasteiger partial charge is 0.305 e. The van der Waals surface area contributed by atoms with Crippen LogP contribution in [0.5, 0.6) is 0 Å². The van der Waals surface area contributed by atoms with E-state index in [1.165, 1.54) is 10.5 Å². The van der Waals surface area contributed by atoms with Crippen LogP contribution in [0.3, 0.4) is 0 Å². The zero-order chi connectivity index (χ0) is 18.6. The number of hydrogen-bond donors (Lipinski definition) is 1. The van der Waals surface area contributed by atoms with Crippen molar-refractivity contribution in [3.05, 3.63) is 29.8 Å². The van der Waals surface area contributed by atoms with Gasteiger partial charge < -0.3 is 14.9 Å². The van der Waals surface area contributed by atoms with Gasteiger partial charge in [-0.1, -0.05) is 26.0 Å². The van der Waals surface area contributed by atoms with Crippen molar-refractivity contribution in [2.24, 2.45) is 5.92 Å². The van der Waals surface area contributed by atoms with Crippen LogP contribution in [-0.2, 0) is 14.4 Å². The number of amides is 2. The fourth-order valence-corrected chi connectivity index (χ4v) is 3.08. The Labute approximate surface area is 148 Å². The summed E-state index contributed by atoms with van der Waals surface area (Å²) in [6, 6.07) is 7.85. The maximum absolute atomic E-state index is 12.7. The van der Waals surface area contributed by atoms with Crippen LogP contribution < -0.4 is 4.90 Å². The molecule has 1 fully saturated rings. The summed E-state index contributed by atoms with van der Waals surface area (Å²) in [4.78, 5) is 39.1. The quantitative estimate of drug-likeness (QED) is 0.770. The van der Waals surface area contributed by atoms with E-state index in [0.29, 0.717) is 25.4 Å². The number of carbonyl (C=O) groups is 3. The maximum Gasteiger partial charge on any atom is 0.305 e. The van der Waals surface area contributed by atoms with E-state index in [4.69, 9.17) is 5.11 Å². The zero-order valence-corrected chi connectivity index (χ0v) is 15.1. The van der Waals surface area contributed by atoms with Crippen LogP contribution >= 0.6 is 0 Å². The number of aliphatic carboxylic acids is 1. The summed E-state index contributed by atoms with van der Waals surface area (Å²) in [5.41, 5.74) is 2.01. The lowest BCUT2D eigenvalue weighted by Gasteiger charge is -2.23. The minimum absolute atomic E-state index is 0.110. The molecule has 1 saturated heterocycles. The van der Waals surface area contributed by atoms with Crippen molar-refractivity contribution in [2.75, 3.05) is 24.5 Å². The highest BCUT2D eigenvalue weighted by Crippen LogP contribution is 2.28. The van der Waals surface area contributed by atoms with Gasteiger partial charge in [-0.25, -0.2) is 0 Å². The van der Waals surface area contributed by atoms with E-state index in [1.807, 2.05) is 24.3 Å². The Morgan fingerprint density at radius 3 is 2.44 bits per heavy atom. The zero-order valence-electron chi connectivity index (χ0n) is 15.1. The fraction of sp³-hybridized carbons (Fsp3) is 0.526. The van der Waals surface area contributed by atoms with E-state index < -0.39 is 11.9 Å². The second-order valence-corrected chi connectivity index (χ2v) is 6.64. The molecule has 0 aromatic heterocycles. The second kappa shape index (κ2) is 8.14. The molecule has 1 unspecified atom stereocenters. The van der Waals surface area contributed by atoms with Crippen LogP contribution in [0.1, 0.15) is 45.1 Å². The predicted molar refractivity (Wildman–Crippen MR) is 95.5 cm³/mol. The SMILES string of the molecule is CCN(CCC(=O)O)C(=O)C1CCN(c2ccc(C(C)C)cc2)C1=O. The van der Waals surface area contributed by atoms with Crippen LogP contribution in [-0.4, -0.2) is 47.4 Å². The predicted octanol–water partition coefficient (Wildman–Crippen LogP) is 2.49. The molecule has 6 heteroatoms. The molecule has 0 radical (unpaired) electrons. The Kier molecular flexibility index (Phi) is 6.17. The van der Waals surface area contributed by atoms with Gasteiger partial charge in [-0.2, -0.15) is 0 Å². The van der Waals surface area contributed by atoms with Crippen molar-refractivity contribution < 1.29 is 19.5 Å². The van der Waals surface area contributed by atoms with Crippen molar-refractivity contribution in [2.45, 2.75) is 39.5 Å². The molecule has 25 heavy (non-hydrogen) atoms. The molecular formula is C19H26N2O4. The maximum atomic E-state index is 12.7. The van der Waals surface area contributed by atoms with E-state index in [1.54, 1.807) is 11.8 Å². The highest BCUT2D eigenvalue weighted by atomic mass is 16.4. The van der Waals surface area contributed by atoms with Gasteiger partial charge >= 0.3 is 5.97 Å². The molecule has 0 aliphatic carbocycles. The first-order valence-corrected chi connectivity index (χ1v) is 8.77. The van der Waals surface area contributed by atoms with Crippen molar-refractivity contribution >= 4 is 23.5 Å². The normalized spacial score (nSPS) is 17.2. The molecule has 2 rings (SSSR count). The number of carboxylic acids is 1. The topological polar surface area (TPSA) is 77.9 Å². The van der Waals surface area contributed by atoms with E-state index in [9.17, 15) is 14.4 Å². The van der Waals surface area contributed by atoms with Gasteiger partial charge in [-0.3, -0.25) is 14.4 Å². The first-order valence-electron chi connectivity index (χ1n) is 8.77. The van der Waals surface area contributed by atoms with E-state index in [2.05, 4.69) is 13.8 Å². The first kappa shape index (κ1) is 19.0. The van der Waals surface area contributed by atoms with Gasteiger partial charge in [0.2, 0.25) is 11.8 Å². The molecule has 0 bridgehead atoms. The van der Waals surface area contributed by atoms with Crippen LogP contribution in [0.4, 0.5) is 5.69 Å². The van der Waals surface area contributed by atoms with E-state index >= 15 is 0 Å². The number of nitrogens with zero attached hydrogens (tertiary/aromatic N) is 2. The van der Waals surface area contributed by atoms with Gasteiger partial charge in [-0.15, -0.1) is 0 Å². The summed E-state index contributed by atoms with van der Waals surface area (Å²) in [5, 5.41) is 8.80. The van der Waals surface area contributed by atoms with Crippen LogP contribution in [0.15, 0.2) is 24.3 Å². The first-order chi connectivity index (χ1) is 11.8. The monoisotopic (exact) mass is 346 g/mol. The molecule has 1 aromatic rings. The third-order valence-corrected chi connectivity index (χ3v) is 4.66. The van der Waals surface area contributed by atoms with Gasteiger partial charge in [-0.05, 0) is 37.0 Å². The largest absolute Gasteiger partial charge is 0.481 e. The van der Waals surface area contributed by atoms with Gasteiger partial charge in [0.05, 0.1) is 6.42 Å². The van der Waals surface area contributed by atoms with Crippen molar-refractivity contribution in [3.8, 4) is 0 Å². The second-order valence-electron chi connectivity index (χ2n) is 6.64. The molecule has 1 aliphatic heterocycles. The molecule has 1 N–H and O–H groups in total. The Balaban J connectivity index is 2.07. The van der Waals surface area contributed by atoms with Crippen molar-refractivity contribution in [1.29, 1.82) is 0 Å². The lowest BCUT2D eigenvalue weighted by Crippen LogP contribution is -2.41. The van der Waals surface area contributed by atoms with Crippen molar-refractivity contribution in [1.82, 2.24) is 4.90 Å². The summed E-state index contributed by atoms with van der Waals surface area (Å²) >= 11 is 0. The Morgan fingerprint density at radius 2 is 1.92 bits per heavy atom. The molecule has 1 aromatic carbocycles. The number of rotatable bonds is 7. The molecule has 6 nitrogen and oxygen atoms in total. The average Bonchev–Trinajstić information content (AvgIpc) is 2.96. The molecule has 2 amide bonds. The molecule has 0 spiro atoms. The minimum Gasteiger partial charge on any atom is -0.481 e. The van der Waals surface area contributed by atoms with Crippen LogP contribution in [0.25, 0.3) is 0 Å². The molecule has 1 aliphatic rings. The third-order valence-electron chi connectivity index (χ3n) is 4.66. The summed E-state index contributed by atoms with van der Waals surface area (Å²) in [6.07, 6.45) is 0.355. The molecular weight excluding hydrogens is 320 g/mol. The lowest BCUT2D eigenvalue weighted by atomic mass is 10.0. The molecule has 136 valence electrons. The fourth-order valence-electron chi connectivity index (χ4n) is 3.08. The molecule has 0 saturated carbocycles. The summed E-state index contributed by atoms with van der Waals surface area (Å²) in [7, 11) is 0. The van der Waals surface area contributed by atoms with E-state index in [-0.39, 0.29) is 24.8 Å². The number of carbonyl (C=O) groups excluding carboxylic acids is 2. The van der Waals surface area contributed by atoms with Crippen LogP contribution in [0.2, 0.25) is 0 Å². The lowest BCUT2D eigenvalue weighted by molar-refractivity contribution is -0.141. The van der Waals surface area contributed by atoms with Gasteiger partial charge in [0, 0.05) is 25.3 Å². The highest BCUT2D eigenvalue weighted by Gasteiger charge is 2.39. The molecule has 1 heterocycles. The molecule has 1 atom stereocenters. The minimum atomic E-state index is -0.948. The standard InChI is InChI=1S/C19H26N2O4/c1-4-20(11-10-17(22)23)18(24)16-9-12-21(19(16)25)15-7-5-14(6-8-15)13(2)3/h5-8,13,16H,4,9-12H2,1-3H3,(H,22,23). The van der Waals surface area contributed by atoms with Gasteiger partial charge in [0.25, 0.3) is 0 Å². The Morgan fingerprint density at radius 1 is 1.28 bits per heavy atom. The number of anilines is 1.